The maximum Gasteiger partial charge on any atom is 0.0578 e. The van der Waals surface area contributed by atoms with E-state index in [4.69, 9.17) is 0 Å². The van der Waals surface area contributed by atoms with Crippen molar-refractivity contribution in [3.63, 3.8) is 0 Å². The lowest BCUT2D eigenvalue weighted by Gasteiger charge is -2.13. The van der Waals surface area contributed by atoms with Gasteiger partial charge in [-0.05, 0) is 37.5 Å². The Labute approximate surface area is 131 Å². The quantitative estimate of drug-likeness (QED) is 0.656. The Morgan fingerprint density at radius 3 is 2.62 bits per heavy atom. The third-order valence-electron chi connectivity index (χ3n) is 4.39. The zero-order valence-electron chi connectivity index (χ0n) is 12.2. The molecule has 0 saturated heterocycles. The van der Waals surface area contributed by atoms with Crippen LogP contribution in [0.1, 0.15) is 28.4 Å². The molecule has 0 aliphatic carbocycles. The molecule has 0 spiro atoms. The van der Waals surface area contributed by atoms with Gasteiger partial charge in [0.1, 0.15) is 0 Å². The Kier molecular flexibility index (Phi) is 3.42. The molecule has 3 heteroatoms. The Bertz CT molecular complexity index is 804. The standard InChI is InChI=1S/C18H18N2.ClH/c1-11-6-5-7-13-10-16(20-18(11)13)17-12(2)19-15-9-4-3-8-14(15)17;/h3-9,16,19-20H,10H2,1-2H3;1H. The average molecular weight is 299 g/mol. The molecule has 1 unspecified atom stereocenters. The van der Waals surface area contributed by atoms with Crippen LogP contribution in [0, 0.1) is 13.8 Å². The summed E-state index contributed by atoms with van der Waals surface area (Å²) in [5.41, 5.74) is 8.00. The number of aryl methyl sites for hydroxylation is 2. The first kappa shape index (κ1) is 14.0. The summed E-state index contributed by atoms with van der Waals surface area (Å²) in [6.45, 7) is 4.35. The second kappa shape index (κ2) is 5.12. The highest BCUT2D eigenvalue weighted by molar-refractivity contribution is 5.86. The van der Waals surface area contributed by atoms with Gasteiger partial charge in [0.15, 0.2) is 0 Å². The van der Waals surface area contributed by atoms with Crippen molar-refractivity contribution >= 4 is 29.0 Å². The third-order valence-corrected chi connectivity index (χ3v) is 4.39. The highest BCUT2D eigenvalue weighted by atomic mass is 35.5. The fourth-order valence-electron chi connectivity index (χ4n) is 3.47. The van der Waals surface area contributed by atoms with Gasteiger partial charge in [-0.1, -0.05) is 36.4 Å². The molecule has 3 aromatic rings. The molecule has 1 atom stereocenters. The number of benzene rings is 2. The topological polar surface area (TPSA) is 27.8 Å². The molecular weight excluding hydrogens is 280 g/mol. The van der Waals surface area contributed by atoms with Gasteiger partial charge in [0, 0.05) is 27.8 Å². The molecule has 0 bridgehead atoms. The van der Waals surface area contributed by atoms with E-state index in [2.05, 4.69) is 66.6 Å². The lowest BCUT2D eigenvalue weighted by atomic mass is 9.99. The first-order valence-corrected chi connectivity index (χ1v) is 7.16. The smallest absolute Gasteiger partial charge is 0.0578 e. The minimum Gasteiger partial charge on any atom is -0.377 e. The Balaban J connectivity index is 0.00000132. The minimum atomic E-state index is 0. The average Bonchev–Trinajstić information content (AvgIpc) is 2.99. The van der Waals surface area contributed by atoms with Crippen LogP contribution in [0.25, 0.3) is 10.9 Å². The van der Waals surface area contributed by atoms with E-state index < -0.39 is 0 Å². The molecule has 0 radical (unpaired) electrons. The predicted molar refractivity (Wildman–Crippen MR) is 91.5 cm³/mol. The number of H-pyrrole nitrogens is 1. The van der Waals surface area contributed by atoms with Gasteiger partial charge in [-0.25, -0.2) is 0 Å². The van der Waals surface area contributed by atoms with Crippen molar-refractivity contribution in [2.75, 3.05) is 5.32 Å². The number of rotatable bonds is 1. The summed E-state index contributed by atoms with van der Waals surface area (Å²) in [4.78, 5) is 3.51. The molecular formula is C18H19ClN2. The summed E-state index contributed by atoms with van der Waals surface area (Å²) >= 11 is 0. The number of hydrogen-bond donors (Lipinski definition) is 2. The van der Waals surface area contributed by atoms with Gasteiger partial charge < -0.3 is 10.3 Å². The third kappa shape index (κ3) is 2.11. The van der Waals surface area contributed by atoms with Crippen molar-refractivity contribution < 1.29 is 0 Å². The van der Waals surface area contributed by atoms with Crippen LogP contribution in [0.5, 0.6) is 0 Å². The Hall–Kier alpha value is -1.93. The molecule has 1 aromatic heterocycles. The molecule has 0 amide bonds. The summed E-state index contributed by atoms with van der Waals surface area (Å²) in [5, 5.41) is 5.06. The fraction of sp³-hybridized carbons (Fsp3) is 0.222. The predicted octanol–water partition coefficient (Wildman–Crippen LogP) is 4.92. The van der Waals surface area contributed by atoms with Crippen molar-refractivity contribution in [2.45, 2.75) is 26.3 Å². The van der Waals surface area contributed by atoms with Crippen molar-refractivity contribution in [3.8, 4) is 0 Å². The van der Waals surface area contributed by atoms with Crippen LogP contribution < -0.4 is 5.32 Å². The number of hydrogen-bond acceptors (Lipinski definition) is 1. The monoisotopic (exact) mass is 298 g/mol. The maximum absolute atomic E-state index is 3.72. The molecule has 21 heavy (non-hydrogen) atoms. The second-order valence-electron chi connectivity index (χ2n) is 5.72. The van der Waals surface area contributed by atoms with Gasteiger partial charge in [0.2, 0.25) is 0 Å². The highest BCUT2D eigenvalue weighted by Gasteiger charge is 2.26. The molecule has 2 aromatic carbocycles. The van der Waals surface area contributed by atoms with E-state index in [1.54, 1.807) is 0 Å². The normalized spacial score (nSPS) is 16.4. The summed E-state index contributed by atoms with van der Waals surface area (Å²) in [5.74, 6) is 0. The Morgan fingerprint density at radius 1 is 1.00 bits per heavy atom. The van der Waals surface area contributed by atoms with Gasteiger partial charge in [0.25, 0.3) is 0 Å². The minimum absolute atomic E-state index is 0. The number of para-hydroxylation sites is 2. The highest BCUT2D eigenvalue weighted by Crippen LogP contribution is 2.39. The van der Waals surface area contributed by atoms with E-state index in [0.29, 0.717) is 6.04 Å². The van der Waals surface area contributed by atoms with Crippen molar-refractivity contribution in [1.29, 1.82) is 0 Å². The van der Waals surface area contributed by atoms with Gasteiger partial charge in [-0.15, -0.1) is 12.4 Å². The lowest BCUT2D eigenvalue weighted by molar-refractivity contribution is 0.822. The zero-order chi connectivity index (χ0) is 13.7. The summed E-state index contributed by atoms with van der Waals surface area (Å²) < 4.78 is 0. The van der Waals surface area contributed by atoms with Crippen LogP contribution in [0.4, 0.5) is 5.69 Å². The van der Waals surface area contributed by atoms with E-state index in [0.717, 1.165) is 6.42 Å². The molecule has 2 heterocycles. The summed E-state index contributed by atoms with van der Waals surface area (Å²) in [6, 6.07) is 15.5. The molecule has 0 saturated carbocycles. The van der Waals surface area contributed by atoms with Gasteiger partial charge in [-0.2, -0.15) is 0 Å². The van der Waals surface area contributed by atoms with Gasteiger partial charge >= 0.3 is 0 Å². The molecule has 4 rings (SSSR count). The van der Waals surface area contributed by atoms with Crippen molar-refractivity contribution in [1.82, 2.24) is 4.98 Å². The SMILES string of the molecule is Cc1cccc2c1NC(c1c(C)[nH]c3ccccc13)C2.Cl. The number of aromatic amines is 1. The van der Waals surface area contributed by atoms with Crippen LogP contribution >= 0.6 is 12.4 Å². The van der Waals surface area contributed by atoms with E-state index in [9.17, 15) is 0 Å². The van der Waals surface area contributed by atoms with Crippen molar-refractivity contribution in [3.05, 3.63) is 64.8 Å². The molecule has 1 aliphatic rings. The molecule has 2 N–H and O–H groups in total. The van der Waals surface area contributed by atoms with Crippen LogP contribution in [0.15, 0.2) is 42.5 Å². The van der Waals surface area contributed by atoms with Crippen LogP contribution in [0.3, 0.4) is 0 Å². The molecule has 108 valence electrons. The molecule has 0 fully saturated rings. The summed E-state index contributed by atoms with van der Waals surface area (Å²) in [7, 11) is 0. The van der Waals surface area contributed by atoms with Gasteiger partial charge in [-0.3, -0.25) is 0 Å². The maximum atomic E-state index is 3.72. The van der Waals surface area contributed by atoms with Crippen LogP contribution in [-0.2, 0) is 6.42 Å². The van der Waals surface area contributed by atoms with E-state index in [-0.39, 0.29) is 12.4 Å². The van der Waals surface area contributed by atoms with E-state index in [1.165, 1.54) is 39.0 Å². The van der Waals surface area contributed by atoms with Crippen LogP contribution in [0.2, 0.25) is 0 Å². The fourth-order valence-corrected chi connectivity index (χ4v) is 3.47. The molecule has 1 aliphatic heterocycles. The number of fused-ring (bicyclic) bond motifs is 2. The lowest BCUT2D eigenvalue weighted by Crippen LogP contribution is -2.07. The largest absolute Gasteiger partial charge is 0.377 e. The first-order chi connectivity index (χ1) is 9.74. The second-order valence-corrected chi connectivity index (χ2v) is 5.72. The number of anilines is 1. The van der Waals surface area contributed by atoms with Crippen molar-refractivity contribution in [2.24, 2.45) is 0 Å². The number of nitrogens with one attached hydrogen (secondary N) is 2. The Morgan fingerprint density at radius 2 is 1.81 bits per heavy atom. The van der Waals surface area contributed by atoms with E-state index in [1.807, 2.05) is 0 Å². The summed E-state index contributed by atoms with van der Waals surface area (Å²) in [6.07, 6.45) is 1.07. The van der Waals surface area contributed by atoms with Crippen LogP contribution in [-0.4, -0.2) is 4.98 Å². The molecule has 2 nitrogen and oxygen atoms in total. The number of aromatic nitrogens is 1. The van der Waals surface area contributed by atoms with Gasteiger partial charge in [0.05, 0.1) is 6.04 Å². The number of halogens is 1. The first-order valence-electron chi connectivity index (χ1n) is 7.16. The van der Waals surface area contributed by atoms with E-state index >= 15 is 0 Å². The zero-order valence-corrected chi connectivity index (χ0v) is 13.1.